The van der Waals surface area contributed by atoms with Crippen LogP contribution in [-0.2, 0) is 0 Å². The lowest BCUT2D eigenvalue weighted by atomic mass is 10.6. The van der Waals surface area contributed by atoms with E-state index in [1.807, 2.05) is 0 Å². The predicted molar refractivity (Wildman–Crippen MR) is 51.4 cm³/mol. The molecule has 0 aliphatic heterocycles. The molecule has 0 heterocycles. The molecule has 0 saturated carbocycles. The Labute approximate surface area is 66.9 Å². The first kappa shape index (κ1) is 8.95. The molecular weight excluding hydrogens is 227 g/mol. The van der Waals surface area contributed by atoms with Crippen LogP contribution in [0.3, 0.4) is 0 Å². The summed E-state index contributed by atoms with van der Waals surface area (Å²) in [6.45, 7) is 6.97. The van der Waals surface area contributed by atoms with Crippen molar-refractivity contribution in [1.82, 2.24) is 0 Å². The lowest BCUT2D eigenvalue weighted by molar-refractivity contribution is 0.998. The summed E-state index contributed by atoms with van der Waals surface area (Å²) in [6.07, 6.45) is 1.08. The molecule has 0 nitrogen and oxygen atoms in total. The monoisotopic (exact) mass is 242 g/mol. The van der Waals surface area contributed by atoms with Crippen molar-refractivity contribution in [2.45, 2.75) is 38.8 Å². The Morgan fingerprint density at radius 1 is 1.50 bits per heavy atom. The van der Waals surface area contributed by atoms with Crippen LogP contribution in [0, 0.1) is 0 Å². The highest BCUT2D eigenvalue weighted by atomic mass is 127. The highest BCUT2D eigenvalue weighted by Crippen LogP contribution is 2.18. The fraction of sp³-hybridized carbons (Fsp3) is 1.00. The molecule has 0 aromatic heterocycles. The molecule has 0 spiro atoms. The van der Waals surface area contributed by atoms with E-state index in [0.29, 0.717) is 0 Å². The SMILES string of the molecule is CCC[SiH](I)C(C)C. The first-order valence-corrected chi connectivity index (χ1v) is 8.98. The van der Waals surface area contributed by atoms with E-state index in [1.165, 1.54) is 12.5 Å². The van der Waals surface area contributed by atoms with E-state index in [4.69, 9.17) is 0 Å². The van der Waals surface area contributed by atoms with Gasteiger partial charge in [-0.15, -0.1) is 21.8 Å². The second-order valence-corrected chi connectivity index (χ2v) is 10.3. The van der Waals surface area contributed by atoms with Crippen LogP contribution in [0.5, 0.6) is 0 Å². The molecule has 0 radical (unpaired) electrons. The summed E-state index contributed by atoms with van der Waals surface area (Å²) in [5.41, 5.74) is 0.996. The molecule has 1 atom stereocenters. The zero-order valence-electron chi connectivity index (χ0n) is 5.95. The Morgan fingerprint density at radius 2 is 2.00 bits per heavy atom. The van der Waals surface area contributed by atoms with Gasteiger partial charge in [0.05, 0.1) is 0 Å². The Morgan fingerprint density at radius 3 is 2.12 bits per heavy atom. The van der Waals surface area contributed by atoms with E-state index < -0.39 is 0 Å². The van der Waals surface area contributed by atoms with Gasteiger partial charge >= 0.3 is 0 Å². The smallest absolute Gasteiger partial charge is 0.112 e. The maximum atomic E-state index is 2.67. The lowest BCUT2D eigenvalue weighted by Gasteiger charge is -2.08. The van der Waals surface area contributed by atoms with Crippen molar-refractivity contribution in [3.05, 3.63) is 0 Å². The molecule has 0 bridgehead atoms. The maximum absolute atomic E-state index is 2.67. The van der Waals surface area contributed by atoms with Crippen molar-refractivity contribution < 1.29 is 0 Å². The molecule has 0 aliphatic carbocycles. The Kier molecular flexibility index (Phi) is 5.36. The van der Waals surface area contributed by atoms with Crippen molar-refractivity contribution in [1.29, 1.82) is 0 Å². The van der Waals surface area contributed by atoms with Crippen LogP contribution in [0.15, 0.2) is 0 Å². The molecule has 0 amide bonds. The molecule has 0 N–H and O–H groups in total. The van der Waals surface area contributed by atoms with E-state index in [0.717, 1.165) is 5.54 Å². The Hall–Kier alpha value is 0.947. The summed E-state index contributed by atoms with van der Waals surface area (Å²) in [5, 5.41) is 0. The zero-order chi connectivity index (χ0) is 6.57. The fourth-order valence-electron chi connectivity index (χ4n) is 0.609. The van der Waals surface area contributed by atoms with Gasteiger partial charge < -0.3 is 0 Å². The Balaban J connectivity index is 3.17. The molecule has 50 valence electrons. The lowest BCUT2D eigenvalue weighted by Crippen LogP contribution is -2.05. The minimum atomic E-state index is -0.305. The topological polar surface area (TPSA) is 0 Å². The fourth-order valence-corrected chi connectivity index (χ4v) is 3.70. The summed E-state index contributed by atoms with van der Waals surface area (Å²) in [6, 6.07) is 1.51. The average Bonchev–Trinajstić information content (AvgIpc) is 1.67. The van der Waals surface area contributed by atoms with Gasteiger partial charge in [0.2, 0.25) is 0 Å². The van der Waals surface area contributed by atoms with Gasteiger partial charge in [-0.25, -0.2) is 0 Å². The molecule has 8 heavy (non-hydrogen) atoms. The summed E-state index contributed by atoms with van der Waals surface area (Å²) >= 11 is 2.67. The van der Waals surface area contributed by atoms with Crippen molar-refractivity contribution in [2.75, 3.05) is 0 Å². The number of halogens is 1. The van der Waals surface area contributed by atoms with E-state index in [1.54, 1.807) is 0 Å². The van der Waals surface area contributed by atoms with E-state index in [-0.39, 0.29) is 6.29 Å². The minimum absolute atomic E-state index is 0.305. The number of hydrogen-bond acceptors (Lipinski definition) is 0. The van der Waals surface area contributed by atoms with Gasteiger partial charge in [0.15, 0.2) is 0 Å². The number of rotatable bonds is 3. The predicted octanol–water partition coefficient (Wildman–Crippen LogP) is 2.97. The largest absolute Gasteiger partial charge is 0.123 e. The van der Waals surface area contributed by atoms with Crippen molar-refractivity contribution in [3.63, 3.8) is 0 Å². The van der Waals surface area contributed by atoms with Gasteiger partial charge in [0.1, 0.15) is 6.29 Å². The highest BCUT2D eigenvalue weighted by Gasteiger charge is 2.08. The normalized spacial score (nSPS) is 14.6. The second kappa shape index (κ2) is 4.79. The quantitative estimate of drug-likeness (QED) is 0.405. The molecule has 0 fully saturated rings. The van der Waals surface area contributed by atoms with Crippen molar-refractivity contribution >= 4 is 28.1 Å². The van der Waals surface area contributed by atoms with Gasteiger partial charge in [-0.2, -0.15) is 0 Å². The first-order chi connectivity index (χ1) is 3.68. The molecule has 0 aromatic rings. The first-order valence-electron chi connectivity index (χ1n) is 3.32. The van der Waals surface area contributed by atoms with Crippen molar-refractivity contribution in [3.8, 4) is 0 Å². The van der Waals surface area contributed by atoms with Gasteiger partial charge in [-0.05, 0) is 5.54 Å². The molecular formula is C6H15ISi. The second-order valence-electron chi connectivity index (χ2n) is 2.55. The third kappa shape index (κ3) is 3.89. The van der Waals surface area contributed by atoms with Crippen molar-refractivity contribution in [2.24, 2.45) is 0 Å². The van der Waals surface area contributed by atoms with Crippen LogP contribution in [-0.4, -0.2) is 6.29 Å². The van der Waals surface area contributed by atoms with Crippen LogP contribution in [0.25, 0.3) is 0 Å². The van der Waals surface area contributed by atoms with Crippen LogP contribution in [0.2, 0.25) is 11.6 Å². The molecule has 0 aromatic carbocycles. The van der Waals surface area contributed by atoms with Crippen LogP contribution in [0.1, 0.15) is 27.2 Å². The summed E-state index contributed by atoms with van der Waals surface area (Å²) in [7, 11) is 0. The molecule has 0 rings (SSSR count). The summed E-state index contributed by atoms with van der Waals surface area (Å²) in [4.78, 5) is 0. The number of hydrogen-bond donors (Lipinski definition) is 0. The van der Waals surface area contributed by atoms with Crippen LogP contribution < -0.4 is 0 Å². The molecule has 1 unspecified atom stereocenters. The Bertz CT molecular complexity index is 54.5. The van der Waals surface area contributed by atoms with Gasteiger partial charge in [-0.1, -0.05) is 33.2 Å². The van der Waals surface area contributed by atoms with Gasteiger partial charge in [-0.3, -0.25) is 0 Å². The van der Waals surface area contributed by atoms with Crippen LogP contribution >= 0.6 is 21.8 Å². The van der Waals surface area contributed by atoms with E-state index >= 15 is 0 Å². The molecule has 0 saturated heterocycles. The average molecular weight is 242 g/mol. The summed E-state index contributed by atoms with van der Waals surface area (Å²) < 4.78 is 0. The standard InChI is InChI=1S/C6H15ISi/c1-4-5-8(7)6(2)3/h6,8H,4-5H2,1-3H3. The van der Waals surface area contributed by atoms with Crippen LogP contribution in [0.4, 0.5) is 0 Å². The zero-order valence-corrected chi connectivity index (χ0v) is 9.26. The maximum Gasteiger partial charge on any atom is 0.112 e. The third-order valence-electron chi connectivity index (χ3n) is 1.29. The van der Waals surface area contributed by atoms with E-state index in [2.05, 4.69) is 42.6 Å². The minimum Gasteiger partial charge on any atom is -0.123 e. The summed E-state index contributed by atoms with van der Waals surface area (Å²) in [5.74, 6) is 0. The highest BCUT2D eigenvalue weighted by molar-refractivity contribution is 14.1. The molecule has 0 aliphatic rings. The third-order valence-corrected chi connectivity index (χ3v) is 10.0. The van der Waals surface area contributed by atoms with Gasteiger partial charge in [0, 0.05) is 0 Å². The van der Waals surface area contributed by atoms with E-state index in [9.17, 15) is 0 Å². The molecule has 2 heteroatoms. The van der Waals surface area contributed by atoms with Gasteiger partial charge in [0.25, 0.3) is 0 Å².